The van der Waals surface area contributed by atoms with Crippen molar-refractivity contribution in [3.05, 3.63) is 30.3 Å². The highest BCUT2D eigenvalue weighted by Crippen LogP contribution is 2.16. The molecule has 2 saturated heterocycles. The number of amides is 2. The minimum absolute atomic E-state index is 0. The van der Waals surface area contributed by atoms with E-state index in [4.69, 9.17) is 0 Å². The third-order valence-electron chi connectivity index (χ3n) is 5.00. The number of nitrogens with one attached hydrogen (secondary N) is 2. The molecule has 2 heterocycles. The van der Waals surface area contributed by atoms with Crippen LogP contribution in [0.5, 0.6) is 0 Å². The molecule has 0 aliphatic carbocycles. The molecule has 7 heteroatoms. The van der Waals surface area contributed by atoms with Gasteiger partial charge in [-0.1, -0.05) is 18.2 Å². The molecule has 26 heavy (non-hydrogen) atoms. The van der Waals surface area contributed by atoms with Crippen LogP contribution in [-0.4, -0.2) is 62.0 Å². The second-order valence-corrected chi connectivity index (χ2v) is 6.75. The van der Waals surface area contributed by atoms with Gasteiger partial charge < -0.3 is 20.4 Å². The fourth-order valence-corrected chi connectivity index (χ4v) is 3.49. The Hall–Kier alpha value is -1.79. The SMILES string of the molecule is Cl.O=C(NCCCC(=O)N1CCN(c2ccccc2)CC1)C1CCCN1. The molecule has 0 aromatic heterocycles. The summed E-state index contributed by atoms with van der Waals surface area (Å²) in [6.45, 7) is 4.79. The maximum Gasteiger partial charge on any atom is 0.237 e. The fraction of sp³-hybridized carbons (Fsp3) is 0.579. The Morgan fingerprint density at radius 3 is 2.50 bits per heavy atom. The third kappa shape index (κ3) is 5.61. The van der Waals surface area contributed by atoms with Gasteiger partial charge >= 0.3 is 0 Å². The van der Waals surface area contributed by atoms with Crippen LogP contribution < -0.4 is 15.5 Å². The van der Waals surface area contributed by atoms with Gasteiger partial charge in [0.05, 0.1) is 6.04 Å². The molecule has 0 radical (unpaired) electrons. The lowest BCUT2D eigenvalue weighted by atomic mass is 10.2. The maximum atomic E-state index is 12.3. The Bertz CT molecular complexity index is 570. The number of para-hydroxylation sites is 1. The number of piperazine rings is 1. The molecule has 3 rings (SSSR count). The van der Waals surface area contributed by atoms with Gasteiger partial charge in [-0.2, -0.15) is 0 Å². The summed E-state index contributed by atoms with van der Waals surface area (Å²) in [6, 6.07) is 10.3. The first kappa shape index (κ1) is 20.5. The van der Waals surface area contributed by atoms with Crippen molar-refractivity contribution in [2.45, 2.75) is 31.7 Å². The van der Waals surface area contributed by atoms with Gasteiger partial charge in [-0.25, -0.2) is 0 Å². The summed E-state index contributed by atoms with van der Waals surface area (Å²) in [7, 11) is 0. The molecule has 0 spiro atoms. The first-order valence-electron chi connectivity index (χ1n) is 9.33. The zero-order valence-corrected chi connectivity index (χ0v) is 16.0. The van der Waals surface area contributed by atoms with Gasteiger partial charge in [0, 0.05) is 44.8 Å². The van der Waals surface area contributed by atoms with Gasteiger partial charge in [-0.3, -0.25) is 9.59 Å². The summed E-state index contributed by atoms with van der Waals surface area (Å²) in [5, 5.41) is 6.11. The molecule has 1 atom stereocenters. The second-order valence-electron chi connectivity index (χ2n) is 6.75. The largest absolute Gasteiger partial charge is 0.368 e. The van der Waals surface area contributed by atoms with Gasteiger partial charge in [0.25, 0.3) is 0 Å². The zero-order valence-electron chi connectivity index (χ0n) is 15.2. The number of carbonyl (C=O) groups is 2. The number of nitrogens with zero attached hydrogens (tertiary/aromatic N) is 2. The van der Waals surface area contributed by atoms with Crippen LogP contribution in [-0.2, 0) is 9.59 Å². The molecule has 1 aromatic rings. The molecule has 2 aliphatic rings. The lowest BCUT2D eigenvalue weighted by Crippen LogP contribution is -2.49. The van der Waals surface area contributed by atoms with Gasteiger partial charge in [0.2, 0.25) is 11.8 Å². The lowest BCUT2D eigenvalue weighted by Gasteiger charge is -2.36. The molecule has 1 unspecified atom stereocenters. The van der Waals surface area contributed by atoms with Crippen LogP contribution in [0.4, 0.5) is 5.69 Å². The Labute approximate surface area is 161 Å². The zero-order chi connectivity index (χ0) is 17.5. The topological polar surface area (TPSA) is 64.7 Å². The summed E-state index contributed by atoms with van der Waals surface area (Å²) >= 11 is 0. The monoisotopic (exact) mass is 380 g/mol. The normalized spacial score (nSPS) is 19.8. The molecule has 2 N–H and O–H groups in total. The second kappa shape index (κ2) is 10.4. The van der Waals surface area contributed by atoms with Crippen molar-refractivity contribution in [3.8, 4) is 0 Å². The van der Waals surface area contributed by atoms with Crippen LogP contribution in [0.1, 0.15) is 25.7 Å². The van der Waals surface area contributed by atoms with Crippen LogP contribution in [0.25, 0.3) is 0 Å². The summed E-state index contributed by atoms with van der Waals surface area (Å²) in [5.41, 5.74) is 1.22. The average molecular weight is 381 g/mol. The number of hydrogen-bond donors (Lipinski definition) is 2. The van der Waals surface area contributed by atoms with E-state index in [2.05, 4.69) is 27.7 Å². The van der Waals surface area contributed by atoms with Crippen LogP contribution in [0.2, 0.25) is 0 Å². The summed E-state index contributed by atoms with van der Waals surface area (Å²) in [5.74, 6) is 0.266. The number of carbonyl (C=O) groups excluding carboxylic acids is 2. The highest BCUT2D eigenvalue weighted by molar-refractivity contribution is 5.85. The third-order valence-corrected chi connectivity index (χ3v) is 5.00. The van der Waals surface area contributed by atoms with Crippen molar-refractivity contribution in [2.24, 2.45) is 0 Å². The van der Waals surface area contributed by atoms with Crippen molar-refractivity contribution in [2.75, 3.05) is 44.2 Å². The molecule has 0 saturated carbocycles. The Morgan fingerprint density at radius 2 is 1.85 bits per heavy atom. The first-order valence-corrected chi connectivity index (χ1v) is 9.33. The van der Waals surface area contributed by atoms with Crippen LogP contribution in [0.15, 0.2) is 30.3 Å². The quantitative estimate of drug-likeness (QED) is 0.732. The van der Waals surface area contributed by atoms with E-state index < -0.39 is 0 Å². The van der Waals surface area contributed by atoms with Gasteiger partial charge in [-0.15, -0.1) is 12.4 Å². The van der Waals surface area contributed by atoms with Crippen molar-refractivity contribution < 1.29 is 9.59 Å². The van der Waals surface area contributed by atoms with E-state index in [-0.39, 0.29) is 30.3 Å². The van der Waals surface area contributed by atoms with Crippen LogP contribution >= 0.6 is 12.4 Å². The standard InChI is InChI=1S/C19H28N4O2.ClH/c24-18(9-5-11-21-19(25)17-8-4-10-20-17)23-14-12-22(13-15-23)16-6-2-1-3-7-16;/h1-3,6-7,17,20H,4-5,8-15H2,(H,21,25);1H. The van der Waals surface area contributed by atoms with Crippen molar-refractivity contribution in [1.82, 2.24) is 15.5 Å². The van der Waals surface area contributed by atoms with Crippen LogP contribution in [0.3, 0.4) is 0 Å². The molecule has 1 aromatic carbocycles. The van der Waals surface area contributed by atoms with E-state index in [0.717, 1.165) is 45.6 Å². The molecule has 144 valence electrons. The first-order chi connectivity index (χ1) is 12.2. The Balaban J connectivity index is 0.00000243. The fourth-order valence-electron chi connectivity index (χ4n) is 3.49. The van der Waals surface area contributed by atoms with E-state index in [0.29, 0.717) is 19.4 Å². The number of anilines is 1. The van der Waals surface area contributed by atoms with E-state index in [9.17, 15) is 9.59 Å². The van der Waals surface area contributed by atoms with Gasteiger partial charge in [-0.05, 0) is 37.9 Å². The predicted molar refractivity (Wildman–Crippen MR) is 106 cm³/mol. The van der Waals surface area contributed by atoms with Gasteiger partial charge in [0.15, 0.2) is 0 Å². The van der Waals surface area contributed by atoms with Crippen molar-refractivity contribution in [1.29, 1.82) is 0 Å². The summed E-state index contributed by atoms with van der Waals surface area (Å²) in [6.07, 6.45) is 3.18. The number of rotatable bonds is 6. The minimum Gasteiger partial charge on any atom is -0.368 e. The Kier molecular flexibility index (Phi) is 8.19. The number of benzene rings is 1. The molecule has 2 aliphatic heterocycles. The highest BCUT2D eigenvalue weighted by atomic mass is 35.5. The lowest BCUT2D eigenvalue weighted by molar-refractivity contribution is -0.131. The smallest absolute Gasteiger partial charge is 0.237 e. The summed E-state index contributed by atoms with van der Waals surface area (Å²) in [4.78, 5) is 28.5. The highest BCUT2D eigenvalue weighted by Gasteiger charge is 2.22. The van der Waals surface area contributed by atoms with E-state index in [1.54, 1.807) is 0 Å². The predicted octanol–water partition coefficient (Wildman–Crippen LogP) is 1.41. The average Bonchev–Trinajstić information content (AvgIpc) is 3.21. The minimum atomic E-state index is -0.0400. The molecular weight excluding hydrogens is 352 g/mol. The maximum absolute atomic E-state index is 12.3. The molecule has 6 nitrogen and oxygen atoms in total. The molecular formula is C19H29ClN4O2. The summed E-state index contributed by atoms with van der Waals surface area (Å²) < 4.78 is 0. The number of hydrogen-bond acceptors (Lipinski definition) is 4. The van der Waals surface area contributed by atoms with E-state index in [1.807, 2.05) is 23.1 Å². The van der Waals surface area contributed by atoms with Crippen molar-refractivity contribution in [3.63, 3.8) is 0 Å². The molecule has 2 amide bonds. The van der Waals surface area contributed by atoms with Gasteiger partial charge in [0.1, 0.15) is 0 Å². The van der Waals surface area contributed by atoms with Crippen molar-refractivity contribution >= 4 is 29.9 Å². The number of halogens is 1. The molecule has 2 fully saturated rings. The van der Waals surface area contributed by atoms with E-state index >= 15 is 0 Å². The van der Waals surface area contributed by atoms with Crippen LogP contribution in [0, 0.1) is 0 Å². The molecule has 0 bridgehead atoms. The Morgan fingerprint density at radius 1 is 1.12 bits per heavy atom. The van der Waals surface area contributed by atoms with E-state index in [1.165, 1.54) is 5.69 Å².